The van der Waals surface area contributed by atoms with Gasteiger partial charge in [0, 0.05) is 12.5 Å². The van der Waals surface area contributed by atoms with Crippen LogP contribution in [0.5, 0.6) is 0 Å². The van der Waals surface area contributed by atoms with Crippen molar-refractivity contribution in [2.75, 3.05) is 0 Å². The fraction of sp³-hybridized carbons (Fsp3) is 0.533. The maximum Gasteiger partial charge on any atom is 0.223 e. The van der Waals surface area contributed by atoms with Crippen LogP contribution >= 0.6 is 0 Å². The Morgan fingerprint density at radius 1 is 1.17 bits per heavy atom. The van der Waals surface area contributed by atoms with Gasteiger partial charge in [-0.15, -0.1) is 0 Å². The van der Waals surface area contributed by atoms with E-state index in [9.17, 15) is 9.90 Å². The fourth-order valence-corrected chi connectivity index (χ4v) is 2.58. The zero-order chi connectivity index (χ0) is 12.8. The van der Waals surface area contributed by atoms with Crippen LogP contribution in [0.4, 0.5) is 0 Å². The Kier molecular flexibility index (Phi) is 4.76. The van der Waals surface area contributed by atoms with E-state index in [0.717, 1.165) is 24.0 Å². The SMILES string of the molecule is O=C(NCc1ccccc1CO)C1CCCCC1. The fourth-order valence-electron chi connectivity index (χ4n) is 2.58. The van der Waals surface area contributed by atoms with Crippen molar-refractivity contribution in [1.29, 1.82) is 0 Å². The van der Waals surface area contributed by atoms with Crippen molar-refractivity contribution in [2.24, 2.45) is 5.92 Å². The molecule has 1 aliphatic carbocycles. The number of amides is 1. The predicted molar refractivity (Wildman–Crippen MR) is 70.8 cm³/mol. The monoisotopic (exact) mass is 247 g/mol. The zero-order valence-electron chi connectivity index (χ0n) is 10.7. The van der Waals surface area contributed by atoms with Crippen LogP contribution in [-0.4, -0.2) is 11.0 Å². The number of hydrogen-bond donors (Lipinski definition) is 2. The molecule has 1 amide bonds. The van der Waals surface area contributed by atoms with E-state index < -0.39 is 0 Å². The first kappa shape index (κ1) is 13.1. The van der Waals surface area contributed by atoms with Crippen molar-refractivity contribution in [2.45, 2.75) is 45.3 Å². The van der Waals surface area contributed by atoms with Crippen molar-refractivity contribution in [1.82, 2.24) is 5.32 Å². The van der Waals surface area contributed by atoms with E-state index in [1.807, 2.05) is 24.3 Å². The Morgan fingerprint density at radius 2 is 1.83 bits per heavy atom. The Hall–Kier alpha value is -1.35. The number of rotatable bonds is 4. The molecule has 0 aromatic heterocycles. The second-order valence-electron chi connectivity index (χ2n) is 4.98. The van der Waals surface area contributed by atoms with Crippen LogP contribution < -0.4 is 5.32 Å². The van der Waals surface area contributed by atoms with Crippen LogP contribution in [0.3, 0.4) is 0 Å². The number of benzene rings is 1. The summed E-state index contributed by atoms with van der Waals surface area (Å²) < 4.78 is 0. The summed E-state index contributed by atoms with van der Waals surface area (Å²) in [6.07, 6.45) is 5.65. The van der Waals surface area contributed by atoms with Crippen molar-refractivity contribution in [3.05, 3.63) is 35.4 Å². The lowest BCUT2D eigenvalue weighted by Crippen LogP contribution is -2.31. The minimum atomic E-state index is 0.0233. The Bertz CT molecular complexity index is 397. The molecule has 3 nitrogen and oxygen atoms in total. The number of carbonyl (C=O) groups is 1. The Labute approximate surface area is 108 Å². The molecule has 2 N–H and O–H groups in total. The van der Waals surface area contributed by atoms with Crippen molar-refractivity contribution in [3.63, 3.8) is 0 Å². The van der Waals surface area contributed by atoms with Gasteiger partial charge in [0.05, 0.1) is 6.61 Å². The van der Waals surface area contributed by atoms with Crippen molar-refractivity contribution >= 4 is 5.91 Å². The maximum atomic E-state index is 12.0. The van der Waals surface area contributed by atoms with E-state index in [1.165, 1.54) is 19.3 Å². The topological polar surface area (TPSA) is 49.3 Å². The van der Waals surface area contributed by atoms with Crippen LogP contribution in [-0.2, 0) is 17.9 Å². The average Bonchev–Trinajstić information content (AvgIpc) is 2.46. The molecule has 0 saturated heterocycles. The molecule has 1 aromatic rings. The highest BCUT2D eigenvalue weighted by Gasteiger charge is 2.20. The zero-order valence-corrected chi connectivity index (χ0v) is 10.7. The van der Waals surface area contributed by atoms with Gasteiger partial charge in [0.25, 0.3) is 0 Å². The molecule has 98 valence electrons. The highest BCUT2D eigenvalue weighted by atomic mass is 16.3. The van der Waals surface area contributed by atoms with E-state index >= 15 is 0 Å². The summed E-state index contributed by atoms with van der Waals surface area (Å²) in [5.74, 6) is 0.363. The Morgan fingerprint density at radius 3 is 2.50 bits per heavy atom. The minimum absolute atomic E-state index is 0.0233. The van der Waals surface area contributed by atoms with Crippen LogP contribution in [0, 0.1) is 5.92 Å². The predicted octanol–water partition coefficient (Wildman–Crippen LogP) is 2.38. The van der Waals surface area contributed by atoms with Gasteiger partial charge in [0.15, 0.2) is 0 Å². The highest BCUT2D eigenvalue weighted by molar-refractivity contribution is 5.78. The molecule has 0 atom stereocenters. The summed E-state index contributed by atoms with van der Waals surface area (Å²) in [7, 11) is 0. The number of nitrogens with one attached hydrogen (secondary N) is 1. The highest BCUT2D eigenvalue weighted by Crippen LogP contribution is 2.23. The minimum Gasteiger partial charge on any atom is -0.392 e. The first-order valence-electron chi connectivity index (χ1n) is 6.76. The second kappa shape index (κ2) is 6.55. The molecule has 1 fully saturated rings. The van der Waals surface area contributed by atoms with E-state index in [-0.39, 0.29) is 18.4 Å². The smallest absolute Gasteiger partial charge is 0.223 e. The van der Waals surface area contributed by atoms with Crippen LogP contribution in [0.15, 0.2) is 24.3 Å². The summed E-state index contributed by atoms with van der Waals surface area (Å²) in [5, 5.41) is 12.2. The number of aliphatic hydroxyl groups is 1. The van der Waals surface area contributed by atoms with E-state index in [0.29, 0.717) is 6.54 Å². The van der Waals surface area contributed by atoms with E-state index in [4.69, 9.17) is 0 Å². The van der Waals surface area contributed by atoms with Crippen LogP contribution in [0.25, 0.3) is 0 Å². The summed E-state index contributed by atoms with van der Waals surface area (Å²) >= 11 is 0. The van der Waals surface area contributed by atoms with E-state index in [2.05, 4.69) is 5.32 Å². The molecule has 2 rings (SSSR count). The molecular weight excluding hydrogens is 226 g/mol. The van der Waals surface area contributed by atoms with Crippen LogP contribution in [0.2, 0.25) is 0 Å². The molecule has 0 heterocycles. The van der Waals surface area contributed by atoms with Gasteiger partial charge in [-0.2, -0.15) is 0 Å². The molecular formula is C15H21NO2. The first-order chi connectivity index (χ1) is 8.81. The van der Waals surface area contributed by atoms with Crippen molar-refractivity contribution < 1.29 is 9.90 Å². The average molecular weight is 247 g/mol. The quantitative estimate of drug-likeness (QED) is 0.858. The molecule has 0 radical (unpaired) electrons. The van der Waals surface area contributed by atoms with Gasteiger partial charge in [-0.05, 0) is 24.0 Å². The largest absolute Gasteiger partial charge is 0.392 e. The third-order valence-electron chi connectivity index (χ3n) is 3.72. The van der Waals surface area contributed by atoms with E-state index in [1.54, 1.807) is 0 Å². The molecule has 0 spiro atoms. The Balaban J connectivity index is 1.88. The lowest BCUT2D eigenvalue weighted by molar-refractivity contribution is -0.126. The third kappa shape index (κ3) is 3.33. The molecule has 1 aliphatic rings. The third-order valence-corrected chi connectivity index (χ3v) is 3.72. The molecule has 0 bridgehead atoms. The molecule has 0 unspecified atom stereocenters. The molecule has 18 heavy (non-hydrogen) atoms. The van der Waals surface area contributed by atoms with Gasteiger partial charge < -0.3 is 10.4 Å². The van der Waals surface area contributed by atoms with Crippen molar-refractivity contribution in [3.8, 4) is 0 Å². The molecule has 1 aromatic carbocycles. The summed E-state index contributed by atoms with van der Waals surface area (Å²) in [4.78, 5) is 12.0. The van der Waals surface area contributed by atoms with Gasteiger partial charge in [-0.1, -0.05) is 43.5 Å². The normalized spacial score (nSPS) is 16.5. The van der Waals surface area contributed by atoms with Gasteiger partial charge in [-0.25, -0.2) is 0 Å². The number of aliphatic hydroxyl groups excluding tert-OH is 1. The number of hydrogen-bond acceptors (Lipinski definition) is 2. The van der Waals surface area contributed by atoms with Gasteiger partial charge in [-0.3, -0.25) is 4.79 Å². The second-order valence-corrected chi connectivity index (χ2v) is 4.98. The number of carbonyl (C=O) groups excluding carboxylic acids is 1. The summed E-state index contributed by atoms with van der Waals surface area (Å²) in [5.41, 5.74) is 1.89. The lowest BCUT2D eigenvalue weighted by atomic mass is 9.88. The maximum absolute atomic E-state index is 12.0. The van der Waals surface area contributed by atoms with Gasteiger partial charge in [0.2, 0.25) is 5.91 Å². The van der Waals surface area contributed by atoms with Gasteiger partial charge in [0.1, 0.15) is 0 Å². The summed E-state index contributed by atoms with van der Waals surface area (Å²) in [6, 6.07) is 7.67. The summed E-state index contributed by atoms with van der Waals surface area (Å²) in [6.45, 7) is 0.543. The first-order valence-corrected chi connectivity index (χ1v) is 6.76. The molecule has 0 aliphatic heterocycles. The standard InChI is InChI=1S/C15H21NO2/c17-11-14-9-5-4-8-13(14)10-16-15(18)12-6-2-1-3-7-12/h4-5,8-9,12,17H,1-3,6-7,10-11H2,(H,16,18). The molecule has 1 saturated carbocycles. The van der Waals surface area contributed by atoms with Gasteiger partial charge >= 0.3 is 0 Å². The lowest BCUT2D eigenvalue weighted by Gasteiger charge is -2.21. The van der Waals surface area contributed by atoms with Crippen LogP contribution in [0.1, 0.15) is 43.2 Å². The molecule has 3 heteroatoms.